The zero-order valence-corrected chi connectivity index (χ0v) is 16.1. The van der Waals surface area contributed by atoms with E-state index in [1.807, 2.05) is 37.3 Å². The molecule has 0 spiro atoms. The summed E-state index contributed by atoms with van der Waals surface area (Å²) < 4.78 is 16.7. The zero-order valence-electron chi connectivity index (χ0n) is 15.3. The number of carbonyl (C=O) groups is 1. The number of fused-ring (bicyclic) bond motifs is 1. The average Bonchev–Trinajstić information content (AvgIpc) is 3.35. The van der Waals surface area contributed by atoms with Gasteiger partial charge in [0.25, 0.3) is 11.8 Å². The molecule has 0 aliphatic rings. The van der Waals surface area contributed by atoms with Crippen LogP contribution in [-0.2, 0) is 0 Å². The summed E-state index contributed by atoms with van der Waals surface area (Å²) in [6.45, 7) is 2.03. The normalized spacial score (nSPS) is 10.9. The quantitative estimate of drug-likeness (QED) is 0.466. The van der Waals surface area contributed by atoms with Crippen LogP contribution in [0.15, 0.2) is 62.3 Å². The number of methoxy groups -OCH3 is 1. The number of carbonyl (C=O) groups excluding carboxylic acids is 1. The predicted octanol–water partition coefficient (Wildman–Crippen LogP) is 4.86. The Bertz CT molecular complexity index is 1140. The largest absolute Gasteiger partial charge is 0.493 e. The van der Waals surface area contributed by atoms with Gasteiger partial charge in [-0.1, -0.05) is 36.3 Å². The minimum Gasteiger partial charge on any atom is -0.493 e. The number of hydrogen-bond donors (Lipinski definition) is 1. The molecule has 8 heteroatoms. The van der Waals surface area contributed by atoms with Crippen LogP contribution >= 0.6 is 11.8 Å². The highest BCUT2D eigenvalue weighted by molar-refractivity contribution is 7.99. The molecule has 2 aromatic carbocycles. The van der Waals surface area contributed by atoms with Crippen LogP contribution in [0.1, 0.15) is 17.3 Å². The monoisotopic (exact) mass is 395 g/mol. The van der Waals surface area contributed by atoms with E-state index in [0.29, 0.717) is 22.7 Å². The molecule has 4 rings (SSSR count). The van der Waals surface area contributed by atoms with E-state index in [1.54, 1.807) is 37.1 Å². The van der Waals surface area contributed by atoms with Gasteiger partial charge in [-0.3, -0.25) is 10.1 Å². The Morgan fingerprint density at radius 3 is 2.82 bits per heavy atom. The van der Waals surface area contributed by atoms with E-state index in [1.165, 1.54) is 0 Å². The third-order valence-electron chi connectivity index (χ3n) is 4.02. The Morgan fingerprint density at radius 2 is 2.00 bits per heavy atom. The van der Waals surface area contributed by atoms with Crippen molar-refractivity contribution in [2.45, 2.75) is 11.8 Å². The van der Waals surface area contributed by atoms with Crippen molar-refractivity contribution in [1.82, 2.24) is 10.2 Å². The summed E-state index contributed by atoms with van der Waals surface area (Å²) >= 11 is 1.59. The lowest BCUT2D eigenvalue weighted by Crippen LogP contribution is -2.13. The molecule has 0 aliphatic carbocycles. The van der Waals surface area contributed by atoms with Gasteiger partial charge in [0.15, 0.2) is 17.1 Å². The topological polar surface area (TPSA) is 90.4 Å². The standard InChI is InChI=1S/C20H17N3O4S/c1-3-28-16-10-5-4-8-13(16)18(24)21-20-23-22-19(27-20)15-11-12-7-6-9-14(25-2)17(12)26-15/h4-11H,3H2,1-2H3,(H,21,23,24). The van der Waals surface area contributed by atoms with Crippen molar-refractivity contribution >= 4 is 34.7 Å². The van der Waals surface area contributed by atoms with Crippen LogP contribution < -0.4 is 10.1 Å². The molecule has 4 aromatic rings. The van der Waals surface area contributed by atoms with E-state index >= 15 is 0 Å². The third kappa shape index (κ3) is 3.46. The SMILES string of the molecule is CCSc1ccccc1C(=O)Nc1nnc(-c2cc3cccc(OC)c3o2)o1. The van der Waals surface area contributed by atoms with E-state index < -0.39 is 0 Å². The van der Waals surface area contributed by atoms with Gasteiger partial charge in [0, 0.05) is 10.3 Å². The highest BCUT2D eigenvalue weighted by Gasteiger charge is 2.18. The van der Waals surface area contributed by atoms with Crippen molar-refractivity contribution in [2.75, 3.05) is 18.2 Å². The Kier molecular flexibility index (Phi) is 5.03. The van der Waals surface area contributed by atoms with Crippen molar-refractivity contribution in [3.05, 3.63) is 54.1 Å². The van der Waals surface area contributed by atoms with Crippen LogP contribution in [0.4, 0.5) is 6.01 Å². The number of nitrogens with zero attached hydrogens (tertiary/aromatic N) is 2. The molecule has 2 aromatic heterocycles. The average molecular weight is 395 g/mol. The van der Waals surface area contributed by atoms with Gasteiger partial charge < -0.3 is 13.6 Å². The van der Waals surface area contributed by atoms with Gasteiger partial charge in [-0.25, -0.2) is 0 Å². The second kappa shape index (κ2) is 7.77. The molecule has 28 heavy (non-hydrogen) atoms. The molecule has 7 nitrogen and oxygen atoms in total. The van der Waals surface area contributed by atoms with Crippen molar-refractivity contribution in [2.24, 2.45) is 0 Å². The van der Waals surface area contributed by atoms with Gasteiger partial charge in [-0.15, -0.1) is 16.9 Å². The van der Waals surface area contributed by atoms with Crippen LogP contribution in [0.3, 0.4) is 0 Å². The summed E-state index contributed by atoms with van der Waals surface area (Å²) in [5.74, 6) is 1.74. The number of benzene rings is 2. The van der Waals surface area contributed by atoms with Gasteiger partial charge >= 0.3 is 6.01 Å². The number of anilines is 1. The fourth-order valence-corrected chi connectivity index (χ4v) is 3.58. The number of aromatic nitrogens is 2. The molecule has 0 radical (unpaired) electrons. The molecular weight excluding hydrogens is 378 g/mol. The number of nitrogens with one attached hydrogen (secondary N) is 1. The Balaban J connectivity index is 1.58. The van der Waals surface area contributed by atoms with Gasteiger partial charge in [-0.05, 0) is 30.0 Å². The maximum atomic E-state index is 12.6. The lowest BCUT2D eigenvalue weighted by Gasteiger charge is -2.06. The van der Waals surface area contributed by atoms with Gasteiger partial charge in [0.2, 0.25) is 0 Å². The molecular formula is C20H17N3O4S. The maximum absolute atomic E-state index is 12.6. The lowest BCUT2D eigenvalue weighted by atomic mass is 10.2. The first kappa shape index (κ1) is 18.1. The minimum absolute atomic E-state index is 0.00345. The smallest absolute Gasteiger partial charge is 0.322 e. The van der Waals surface area contributed by atoms with Crippen LogP contribution in [-0.4, -0.2) is 29.0 Å². The maximum Gasteiger partial charge on any atom is 0.322 e. The van der Waals surface area contributed by atoms with E-state index in [9.17, 15) is 4.79 Å². The van der Waals surface area contributed by atoms with Crippen LogP contribution in [0.2, 0.25) is 0 Å². The molecule has 0 saturated heterocycles. The summed E-state index contributed by atoms with van der Waals surface area (Å²) in [6, 6.07) is 14.7. The van der Waals surface area contributed by atoms with Crippen LogP contribution in [0, 0.1) is 0 Å². The highest BCUT2D eigenvalue weighted by atomic mass is 32.2. The molecule has 2 heterocycles. The summed E-state index contributed by atoms with van der Waals surface area (Å²) in [7, 11) is 1.58. The molecule has 1 N–H and O–H groups in total. The number of ether oxygens (including phenoxy) is 1. The molecule has 0 unspecified atom stereocenters. The second-order valence-corrected chi connectivity index (χ2v) is 7.09. The van der Waals surface area contributed by atoms with Gasteiger partial charge in [-0.2, -0.15) is 0 Å². The molecule has 1 amide bonds. The van der Waals surface area contributed by atoms with Crippen molar-refractivity contribution in [1.29, 1.82) is 0 Å². The van der Waals surface area contributed by atoms with Crippen molar-refractivity contribution in [3.8, 4) is 17.4 Å². The minimum atomic E-state index is -0.307. The van der Waals surface area contributed by atoms with E-state index in [2.05, 4.69) is 15.5 Å². The molecule has 0 bridgehead atoms. The number of furan rings is 1. The fourth-order valence-electron chi connectivity index (χ4n) is 2.78. The summed E-state index contributed by atoms with van der Waals surface area (Å²) in [5, 5.41) is 11.4. The number of amides is 1. The third-order valence-corrected chi connectivity index (χ3v) is 4.97. The predicted molar refractivity (Wildman–Crippen MR) is 107 cm³/mol. The first-order chi connectivity index (χ1) is 13.7. The van der Waals surface area contributed by atoms with Gasteiger partial charge in [0.1, 0.15) is 0 Å². The van der Waals surface area contributed by atoms with Crippen LogP contribution in [0.25, 0.3) is 22.6 Å². The molecule has 0 fully saturated rings. The van der Waals surface area contributed by atoms with Crippen molar-refractivity contribution in [3.63, 3.8) is 0 Å². The summed E-state index contributed by atoms with van der Waals surface area (Å²) in [5.41, 5.74) is 1.15. The second-order valence-electron chi connectivity index (χ2n) is 5.78. The molecule has 0 aliphatic heterocycles. The lowest BCUT2D eigenvalue weighted by molar-refractivity contribution is 0.102. The number of rotatable bonds is 6. The fraction of sp³-hybridized carbons (Fsp3) is 0.150. The first-order valence-corrected chi connectivity index (χ1v) is 9.61. The van der Waals surface area contributed by atoms with E-state index in [-0.39, 0.29) is 17.8 Å². The van der Waals surface area contributed by atoms with Gasteiger partial charge in [0.05, 0.1) is 12.7 Å². The van der Waals surface area contributed by atoms with Crippen molar-refractivity contribution < 1.29 is 18.4 Å². The number of hydrogen-bond acceptors (Lipinski definition) is 7. The number of thioether (sulfide) groups is 1. The van der Waals surface area contributed by atoms with Crippen LogP contribution in [0.5, 0.6) is 5.75 Å². The Morgan fingerprint density at radius 1 is 1.14 bits per heavy atom. The Hall–Kier alpha value is -3.26. The molecule has 0 saturated carbocycles. The number of para-hydroxylation sites is 1. The Labute approximate surface area is 165 Å². The zero-order chi connectivity index (χ0) is 19.5. The molecule has 142 valence electrons. The summed E-state index contributed by atoms with van der Waals surface area (Å²) in [4.78, 5) is 13.5. The van der Waals surface area contributed by atoms with E-state index in [4.69, 9.17) is 13.6 Å². The first-order valence-electron chi connectivity index (χ1n) is 8.63. The molecule has 0 atom stereocenters. The summed E-state index contributed by atoms with van der Waals surface area (Å²) in [6.07, 6.45) is 0. The van der Waals surface area contributed by atoms with E-state index in [0.717, 1.165) is 16.0 Å². The highest BCUT2D eigenvalue weighted by Crippen LogP contribution is 2.33.